The van der Waals surface area contributed by atoms with Crippen molar-refractivity contribution >= 4 is 0 Å². The highest BCUT2D eigenvalue weighted by atomic mass is 16.5. The Kier molecular flexibility index (Phi) is 16.6. The number of benzene rings is 1. The average molecular weight is 376 g/mol. The summed E-state index contributed by atoms with van der Waals surface area (Å²) in [4.78, 5) is 0. The van der Waals surface area contributed by atoms with Crippen molar-refractivity contribution in [2.75, 3.05) is 13.1 Å². The van der Waals surface area contributed by atoms with E-state index in [1.54, 1.807) is 0 Å². The second kappa shape index (κ2) is 18.5. The van der Waals surface area contributed by atoms with Gasteiger partial charge >= 0.3 is 0 Å². The van der Waals surface area contributed by atoms with E-state index < -0.39 is 0 Å². The van der Waals surface area contributed by atoms with Crippen molar-refractivity contribution in [3.63, 3.8) is 0 Å². The standard InChI is InChI=1S/C25H45NO/c1-2-3-4-5-6-7-8-9-10-11-12-13-14-15-19-23-26(27)24-22-25-20-17-16-18-21-25/h16-18,20-21,27H,2-15,19,22-24H2,1H3. The first kappa shape index (κ1) is 24.2. The molecule has 0 amide bonds. The summed E-state index contributed by atoms with van der Waals surface area (Å²) in [6.07, 6.45) is 21.7. The lowest BCUT2D eigenvalue weighted by Gasteiger charge is -2.14. The van der Waals surface area contributed by atoms with Crippen molar-refractivity contribution in [3.05, 3.63) is 35.9 Å². The molecule has 1 rings (SSSR count). The van der Waals surface area contributed by atoms with Gasteiger partial charge < -0.3 is 5.21 Å². The summed E-state index contributed by atoms with van der Waals surface area (Å²) >= 11 is 0. The van der Waals surface area contributed by atoms with Crippen LogP contribution in [0.2, 0.25) is 0 Å². The maximum absolute atomic E-state index is 9.95. The van der Waals surface area contributed by atoms with Crippen LogP contribution in [0.1, 0.15) is 109 Å². The first-order valence-electron chi connectivity index (χ1n) is 11.8. The third-order valence-corrected chi connectivity index (χ3v) is 5.52. The van der Waals surface area contributed by atoms with Crippen LogP contribution in [-0.2, 0) is 6.42 Å². The van der Waals surface area contributed by atoms with Gasteiger partial charge in [-0.15, -0.1) is 0 Å². The predicted molar refractivity (Wildman–Crippen MR) is 118 cm³/mol. The van der Waals surface area contributed by atoms with Crippen molar-refractivity contribution in [3.8, 4) is 0 Å². The summed E-state index contributed by atoms with van der Waals surface area (Å²) in [6.45, 7) is 3.84. The van der Waals surface area contributed by atoms with Crippen LogP contribution in [0.4, 0.5) is 0 Å². The fourth-order valence-electron chi connectivity index (χ4n) is 3.68. The van der Waals surface area contributed by atoms with E-state index in [0.717, 1.165) is 25.9 Å². The second-order valence-corrected chi connectivity index (χ2v) is 8.14. The molecule has 2 nitrogen and oxygen atoms in total. The van der Waals surface area contributed by atoms with Crippen LogP contribution in [0.3, 0.4) is 0 Å². The molecule has 0 heterocycles. The van der Waals surface area contributed by atoms with Crippen molar-refractivity contribution in [2.45, 2.75) is 110 Å². The Hall–Kier alpha value is -0.860. The molecule has 0 spiro atoms. The molecule has 0 aromatic heterocycles. The topological polar surface area (TPSA) is 23.5 Å². The quantitative estimate of drug-likeness (QED) is 0.197. The maximum Gasteiger partial charge on any atom is 0.0278 e. The van der Waals surface area contributed by atoms with E-state index in [9.17, 15) is 5.21 Å². The van der Waals surface area contributed by atoms with Gasteiger partial charge in [-0.3, -0.25) is 0 Å². The van der Waals surface area contributed by atoms with Crippen LogP contribution in [0.5, 0.6) is 0 Å². The Bertz CT molecular complexity index is 406. The molecule has 27 heavy (non-hydrogen) atoms. The predicted octanol–water partition coefficient (Wildman–Crippen LogP) is 7.79. The van der Waals surface area contributed by atoms with Gasteiger partial charge in [0.2, 0.25) is 0 Å². The molecule has 0 saturated carbocycles. The molecule has 0 aliphatic rings. The van der Waals surface area contributed by atoms with Crippen molar-refractivity contribution < 1.29 is 5.21 Å². The molecule has 1 aromatic rings. The van der Waals surface area contributed by atoms with E-state index in [4.69, 9.17) is 0 Å². The smallest absolute Gasteiger partial charge is 0.0278 e. The zero-order valence-electron chi connectivity index (χ0n) is 18.0. The molecule has 0 atom stereocenters. The Balaban J connectivity index is 1.76. The number of hydrogen-bond donors (Lipinski definition) is 1. The maximum atomic E-state index is 9.95. The van der Waals surface area contributed by atoms with Crippen LogP contribution < -0.4 is 0 Å². The van der Waals surface area contributed by atoms with Gasteiger partial charge in [0.05, 0.1) is 0 Å². The van der Waals surface area contributed by atoms with Crippen molar-refractivity contribution in [2.24, 2.45) is 0 Å². The van der Waals surface area contributed by atoms with Crippen LogP contribution in [-0.4, -0.2) is 23.4 Å². The summed E-state index contributed by atoms with van der Waals surface area (Å²) in [6, 6.07) is 10.4. The van der Waals surface area contributed by atoms with Crippen LogP contribution in [0.25, 0.3) is 0 Å². The second-order valence-electron chi connectivity index (χ2n) is 8.14. The Morgan fingerprint density at radius 2 is 1.04 bits per heavy atom. The highest BCUT2D eigenvalue weighted by Gasteiger charge is 2.01. The third kappa shape index (κ3) is 15.9. The molecule has 0 aliphatic heterocycles. The lowest BCUT2D eigenvalue weighted by Crippen LogP contribution is -2.23. The summed E-state index contributed by atoms with van der Waals surface area (Å²) in [5.74, 6) is 0. The highest BCUT2D eigenvalue weighted by Crippen LogP contribution is 2.13. The van der Waals surface area contributed by atoms with Gasteiger partial charge in [-0.05, 0) is 18.4 Å². The van der Waals surface area contributed by atoms with Gasteiger partial charge in [-0.1, -0.05) is 127 Å². The molecule has 0 radical (unpaired) electrons. The summed E-state index contributed by atoms with van der Waals surface area (Å²) < 4.78 is 0. The number of hydrogen-bond acceptors (Lipinski definition) is 2. The fourth-order valence-corrected chi connectivity index (χ4v) is 3.68. The molecular weight excluding hydrogens is 330 g/mol. The lowest BCUT2D eigenvalue weighted by atomic mass is 10.0. The molecule has 156 valence electrons. The van der Waals surface area contributed by atoms with Gasteiger partial charge in [-0.2, -0.15) is 5.06 Å². The van der Waals surface area contributed by atoms with Crippen molar-refractivity contribution in [1.82, 2.24) is 5.06 Å². The van der Waals surface area contributed by atoms with E-state index in [0.29, 0.717) is 0 Å². The van der Waals surface area contributed by atoms with E-state index in [1.165, 1.54) is 101 Å². The van der Waals surface area contributed by atoms with E-state index in [-0.39, 0.29) is 0 Å². The molecule has 0 aliphatic carbocycles. The molecule has 0 bridgehead atoms. The monoisotopic (exact) mass is 375 g/mol. The highest BCUT2D eigenvalue weighted by molar-refractivity contribution is 5.14. The molecule has 0 saturated heterocycles. The minimum atomic E-state index is 0.739. The number of hydroxylamine groups is 2. The number of nitrogens with zero attached hydrogens (tertiary/aromatic N) is 1. The Labute approximate surface area is 169 Å². The van der Waals surface area contributed by atoms with E-state index in [1.807, 2.05) is 6.07 Å². The Morgan fingerprint density at radius 1 is 0.593 bits per heavy atom. The zero-order valence-corrected chi connectivity index (χ0v) is 18.0. The van der Waals surface area contributed by atoms with Gasteiger partial charge in [0, 0.05) is 13.1 Å². The minimum absolute atomic E-state index is 0.739. The summed E-state index contributed by atoms with van der Waals surface area (Å²) in [5, 5.41) is 11.4. The number of unbranched alkanes of at least 4 members (excludes halogenated alkanes) is 14. The zero-order chi connectivity index (χ0) is 19.4. The minimum Gasteiger partial charge on any atom is -0.314 e. The number of rotatable bonds is 19. The molecule has 0 fully saturated rings. The van der Waals surface area contributed by atoms with Gasteiger partial charge in [0.25, 0.3) is 0 Å². The summed E-state index contributed by atoms with van der Waals surface area (Å²) in [5.41, 5.74) is 1.30. The normalized spacial score (nSPS) is 11.4. The van der Waals surface area contributed by atoms with Gasteiger partial charge in [0.15, 0.2) is 0 Å². The Morgan fingerprint density at radius 3 is 1.52 bits per heavy atom. The SMILES string of the molecule is CCCCCCCCCCCCCCCCCN(O)CCc1ccccc1. The molecule has 1 N–H and O–H groups in total. The molecule has 1 aromatic carbocycles. The van der Waals surface area contributed by atoms with Crippen LogP contribution in [0.15, 0.2) is 30.3 Å². The average Bonchev–Trinajstić information content (AvgIpc) is 2.70. The molecular formula is C25H45NO. The lowest BCUT2D eigenvalue weighted by molar-refractivity contribution is -0.0905. The summed E-state index contributed by atoms with van der Waals surface area (Å²) in [7, 11) is 0. The fraction of sp³-hybridized carbons (Fsp3) is 0.760. The van der Waals surface area contributed by atoms with Crippen LogP contribution in [0, 0.1) is 0 Å². The van der Waals surface area contributed by atoms with E-state index >= 15 is 0 Å². The van der Waals surface area contributed by atoms with E-state index in [2.05, 4.69) is 31.2 Å². The third-order valence-electron chi connectivity index (χ3n) is 5.52. The van der Waals surface area contributed by atoms with Gasteiger partial charge in [0.1, 0.15) is 0 Å². The first-order chi connectivity index (χ1) is 13.3. The van der Waals surface area contributed by atoms with Gasteiger partial charge in [-0.25, -0.2) is 0 Å². The largest absolute Gasteiger partial charge is 0.314 e. The molecule has 2 heteroatoms. The molecule has 0 unspecified atom stereocenters. The first-order valence-corrected chi connectivity index (χ1v) is 11.8. The van der Waals surface area contributed by atoms with Crippen LogP contribution >= 0.6 is 0 Å². The van der Waals surface area contributed by atoms with Crippen molar-refractivity contribution in [1.29, 1.82) is 0 Å².